The number of anilines is 1. The Kier molecular flexibility index (Phi) is 8.00. The molecule has 0 radical (unpaired) electrons. The van der Waals surface area contributed by atoms with E-state index in [-0.39, 0.29) is 11.3 Å². The number of benzene rings is 2. The third-order valence-corrected chi connectivity index (χ3v) is 4.34. The fourth-order valence-electron chi connectivity index (χ4n) is 2.79. The van der Waals surface area contributed by atoms with Crippen molar-refractivity contribution < 1.29 is 19.1 Å². The molecule has 0 aliphatic heterocycles. The summed E-state index contributed by atoms with van der Waals surface area (Å²) >= 11 is 6.09. The number of amides is 2. The smallest absolute Gasteiger partial charge is 0.408 e. The van der Waals surface area contributed by atoms with Crippen LogP contribution in [0.1, 0.15) is 56.5 Å². The van der Waals surface area contributed by atoms with E-state index >= 15 is 0 Å². The van der Waals surface area contributed by atoms with Crippen molar-refractivity contribution >= 4 is 35.1 Å². The Morgan fingerprint density at radius 3 is 2.33 bits per heavy atom. The lowest BCUT2D eigenvalue weighted by Crippen LogP contribution is -2.45. The number of ketones is 1. The predicted octanol–water partition coefficient (Wildman–Crippen LogP) is 5.20. The molecule has 0 saturated heterocycles. The molecule has 30 heavy (non-hydrogen) atoms. The summed E-state index contributed by atoms with van der Waals surface area (Å²) in [6.45, 7) is 7.15. The molecule has 0 heterocycles. The Balaban J connectivity index is 2.23. The highest BCUT2D eigenvalue weighted by Gasteiger charge is 2.25. The predicted molar refractivity (Wildman–Crippen MR) is 118 cm³/mol. The van der Waals surface area contributed by atoms with Gasteiger partial charge in [0.05, 0.1) is 5.69 Å². The summed E-state index contributed by atoms with van der Waals surface area (Å²) in [6.07, 6.45) is 0.415. The summed E-state index contributed by atoms with van der Waals surface area (Å²) in [7, 11) is 0. The number of ether oxygens (including phenoxy) is 1. The van der Waals surface area contributed by atoms with Crippen LogP contribution in [0.3, 0.4) is 0 Å². The SMILES string of the molecule is CCCC(NC(=O)OC(C)(C)C)C(=O)Nc1ccc(Cl)cc1C(=O)c1ccccc1. The second kappa shape index (κ2) is 10.3. The molecule has 6 nitrogen and oxygen atoms in total. The minimum atomic E-state index is -0.805. The quantitative estimate of drug-likeness (QED) is 0.591. The molecule has 160 valence electrons. The van der Waals surface area contributed by atoms with E-state index in [4.69, 9.17) is 16.3 Å². The average molecular weight is 431 g/mol. The number of carbonyl (C=O) groups is 3. The summed E-state index contributed by atoms with van der Waals surface area (Å²) < 4.78 is 5.25. The number of hydrogen-bond donors (Lipinski definition) is 2. The van der Waals surface area contributed by atoms with E-state index in [1.54, 1.807) is 57.2 Å². The minimum absolute atomic E-state index is 0.263. The monoisotopic (exact) mass is 430 g/mol. The maximum absolute atomic E-state index is 12.9. The van der Waals surface area contributed by atoms with E-state index in [2.05, 4.69) is 10.6 Å². The molecule has 2 rings (SSSR count). The van der Waals surface area contributed by atoms with Gasteiger partial charge in [-0.25, -0.2) is 4.79 Å². The highest BCUT2D eigenvalue weighted by molar-refractivity contribution is 6.31. The Morgan fingerprint density at radius 2 is 1.73 bits per heavy atom. The first-order chi connectivity index (χ1) is 14.1. The standard InChI is InChI=1S/C23H27ClN2O4/c1-5-9-19(26-22(29)30-23(2,3)4)21(28)25-18-13-12-16(24)14-17(18)20(27)15-10-7-6-8-11-15/h6-8,10-14,19H,5,9H2,1-4H3,(H,25,28)(H,26,29). The first-order valence-electron chi connectivity index (χ1n) is 9.80. The van der Waals surface area contributed by atoms with Gasteiger partial charge in [0.1, 0.15) is 11.6 Å². The first-order valence-corrected chi connectivity index (χ1v) is 10.2. The van der Waals surface area contributed by atoms with Gasteiger partial charge in [-0.2, -0.15) is 0 Å². The Hall–Kier alpha value is -2.86. The van der Waals surface area contributed by atoms with Gasteiger partial charge >= 0.3 is 6.09 Å². The molecule has 0 aromatic heterocycles. The molecule has 2 amide bonds. The van der Waals surface area contributed by atoms with Crippen molar-refractivity contribution in [1.82, 2.24) is 5.32 Å². The molecule has 2 N–H and O–H groups in total. The van der Waals surface area contributed by atoms with E-state index < -0.39 is 23.6 Å². The fourth-order valence-corrected chi connectivity index (χ4v) is 2.96. The van der Waals surface area contributed by atoms with E-state index in [0.29, 0.717) is 29.1 Å². The number of alkyl carbamates (subject to hydrolysis) is 1. The van der Waals surface area contributed by atoms with Crippen molar-refractivity contribution in [3.63, 3.8) is 0 Å². The van der Waals surface area contributed by atoms with Crippen LogP contribution >= 0.6 is 11.6 Å². The van der Waals surface area contributed by atoms with E-state index in [0.717, 1.165) is 0 Å². The number of halogens is 1. The van der Waals surface area contributed by atoms with Crippen LogP contribution in [0.25, 0.3) is 0 Å². The minimum Gasteiger partial charge on any atom is -0.444 e. The van der Waals surface area contributed by atoms with Gasteiger partial charge in [-0.15, -0.1) is 0 Å². The topological polar surface area (TPSA) is 84.5 Å². The summed E-state index contributed by atoms with van der Waals surface area (Å²) in [5.41, 5.74) is 0.398. The molecule has 0 aliphatic rings. The lowest BCUT2D eigenvalue weighted by Gasteiger charge is -2.23. The van der Waals surface area contributed by atoms with E-state index in [1.165, 1.54) is 6.07 Å². The van der Waals surface area contributed by atoms with Gasteiger partial charge in [0.15, 0.2) is 5.78 Å². The molecule has 7 heteroatoms. The maximum atomic E-state index is 12.9. The summed E-state index contributed by atoms with van der Waals surface area (Å²) in [4.78, 5) is 37.9. The number of carbonyl (C=O) groups excluding carboxylic acids is 3. The lowest BCUT2D eigenvalue weighted by atomic mass is 10.0. The Labute approximate surface area is 182 Å². The third-order valence-electron chi connectivity index (χ3n) is 4.10. The molecular weight excluding hydrogens is 404 g/mol. The second-order valence-corrected chi connectivity index (χ2v) is 8.30. The number of nitrogens with one attached hydrogen (secondary N) is 2. The highest BCUT2D eigenvalue weighted by atomic mass is 35.5. The van der Waals surface area contributed by atoms with Crippen LogP contribution in [-0.4, -0.2) is 29.4 Å². The van der Waals surface area contributed by atoms with Crippen LogP contribution in [0.5, 0.6) is 0 Å². The molecule has 1 atom stereocenters. The normalized spacial score (nSPS) is 12.0. The molecular formula is C23H27ClN2O4. The largest absolute Gasteiger partial charge is 0.444 e. The summed E-state index contributed by atoms with van der Waals surface area (Å²) in [5, 5.41) is 5.73. The van der Waals surface area contributed by atoms with Crippen LogP contribution in [0.4, 0.5) is 10.5 Å². The van der Waals surface area contributed by atoms with Gasteiger partial charge in [-0.05, 0) is 45.4 Å². The summed E-state index contributed by atoms with van der Waals surface area (Å²) in [6, 6.07) is 12.6. The van der Waals surface area contributed by atoms with Crippen LogP contribution in [0, 0.1) is 0 Å². The zero-order valence-electron chi connectivity index (χ0n) is 17.6. The van der Waals surface area contributed by atoms with Gasteiger partial charge in [-0.3, -0.25) is 9.59 Å². The van der Waals surface area contributed by atoms with Crippen molar-refractivity contribution in [2.24, 2.45) is 0 Å². The van der Waals surface area contributed by atoms with Crippen molar-refractivity contribution in [2.45, 2.75) is 52.2 Å². The van der Waals surface area contributed by atoms with Crippen LogP contribution in [0.15, 0.2) is 48.5 Å². The first kappa shape index (κ1) is 23.4. The van der Waals surface area contributed by atoms with Gasteiger partial charge in [0.25, 0.3) is 0 Å². The van der Waals surface area contributed by atoms with Crippen LogP contribution in [0.2, 0.25) is 5.02 Å². The molecule has 0 bridgehead atoms. The molecule has 2 aromatic carbocycles. The van der Waals surface area contributed by atoms with Gasteiger partial charge in [0, 0.05) is 16.1 Å². The fraction of sp³-hybridized carbons (Fsp3) is 0.348. The molecule has 1 unspecified atom stereocenters. The molecule has 0 aliphatic carbocycles. The Morgan fingerprint density at radius 1 is 1.07 bits per heavy atom. The molecule has 0 spiro atoms. The molecule has 2 aromatic rings. The van der Waals surface area contributed by atoms with Crippen LogP contribution < -0.4 is 10.6 Å². The van der Waals surface area contributed by atoms with Crippen molar-refractivity contribution in [3.8, 4) is 0 Å². The Bertz CT molecular complexity index is 907. The van der Waals surface area contributed by atoms with Gasteiger partial charge < -0.3 is 15.4 Å². The highest BCUT2D eigenvalue weighted by Crippen LogP contribution is 2.24. The van der Waals surface area contributed by atoms with Gasteiger partial charge in [-0.1, -0.05) is 55.3 Å². The third kappa shape index (κ3) is 6.88. The van der Waals surface area contributed by atoms with Crippen molar-refractivity contribution in [1.29, 1.82) is 0 Å². The van der Waals surface area contributed by atoms with Crippen LogP contribution in [-0.2, 0) is 9.53 Å². The molecule has 0 fully saturated rings. The zero-order valence-corrected chi connectivity index (χ0v) is 18.4. The molecule has 0 saturated carbocycles. The average Bonchev–Trinajstić information content (AvgIpc) is 2.67. The maximum Gasteiger partial charge on any atom is 0.408 e. The van der Waals surface area contributed by atoms with Crippen molar-refractivity contribution in [2.75, 3.05) is 5.32 Å². The van der Waals surface area contributed by atoms with Crippen molar-refractivity contribution in [3.05, 3.63) is 64.7 Å². The summed E-state index contributed by atoms with van der Waals surface area (Å²) in [5.74, 6) is -0.701. The number of hydrogen-bond acceptors (Lipinski definition) is 4. The van der Waals surface area contributed by atoms with Gasteiger partial charge in [0.2, 0.25) is 5.91 Å². The van der Waals surface area contributed by atoms with E-state index in [9.17, 15) is 14.4 Å². The second-order valence-electron chi connectivity index (χ2n) is 7.86. The van der Waals surface area contributed by atoms with E-state index in [1.807, 2.05) is 13.0 Å². The number of rotatable bonds is 7. The lowest BCUT2D eigenvalue weighted by molar-refractivity contribution is -0.118. The zero-order chi connectivity index (χ0) is 22.3.